The minimum absolute atomic E-state index is 0.0193. The van der Waals surface area contributed by atoms with Crippen LogP contribution in [0.2, 0.25) is 0 Å². The summed E-state index contributed by atoms with van der Waals surface area (Å²) in [6, 6.07) is 5.57. The van der Waals surface area contributed by atoms with E-state index in [9.17, 15) is 18.0 Å². The van der Waals surface area contributed by atoms with Gasteiger partial charge in [0.25, 0.3) is 0 Å². The molecule has 3 fully saturated rings. The predicted octanol–water partition coefficient (Wildman–Crippen LogP) is 2.84. The van der Waals surface area contributed by atoms with E-state index in [-0.39, 0.29) is 30.1 Å². The molecule has 2 N–H and O–H groups in total. The molecule has 0 bridgehead atoms. The highest BCUT2D eigenvalue weighted by atomic mass is 19.4. The first-order valence-corrected chi connectivity index (χ1v) is 8.90. The number of carbonyl (C=O) groups excluding carboxylic acids is 1. The largest absolute Gasteiger partial charge is 0.416 e. The summed E-state index contributed by atoms with van der Waals surface area (Å²) in [6.07, 6.45) is 0.419. The molecular weight excluding hydrogens is 331 g/mol. The number of carbonyl (C=O) groups is 1. The number of hydrogen-bond acceptors (Lipinski definition) is 3. The Morgan fingerprint density at radius 2 is 1.84 bits per heavy atom. The molecule has 2 saturated carbocycles. The van der Waals surface area contributed by atoms with Gasteiger partial charge in [-0.1, -0.05) is 18.2 Å². The van der Waals surface area contributed by atoms with Gasteiger partial charge in [-0.15, -0.1) is 0 Å². The van der Waals surface area contributed by atoms with E-state index in [2.05, 4.69) is 10.9 Å². The molecule has 1 saturated heterocycles. The van der Waals surface area contributed by atoms with Crippen LogP contribution in [0, 0.1) is 5.92 Å². The van der Waals surface area contributed by atoms with Crippen LogP contribution in [0.25, 0.3) is 0 Å². The van der Waals surface area contributed by atoms with Crippen LogP contribution in [0.4, 0.5) is 13.2 Å². The molecule has 1 aliphatic heterocycles. The van der Waals surface area contributed by atoms with Gasteiger partial charge in [-0.3, -0.25) is 10.2 Å². The maximum absolute atomic E-state index is 13.2. The molecule has 3 aliphatic rings. The highest BCUT2D eigenvalue weighted by molar-refractivity contribution is 5.83. The van der Waals surface area contributed by atoms with Gasteiger partial charge in [-0.05, 0) is 49.7 Å². The lowest BCUT2D eigenvalue weighted by atomic mass is 10.0. The highest BCUT2D eigenvalue weighted by Crippen LogP contribution is 2.37. The monoisotopic (exact) mass is 353 g/mol. The lowest BCUT2D eigenvalue weighted by Gasteiger charge is -2.27. The molecule has 25 heavy (non-hydrogen) atoms. The van der Waals surface area contributed by atoms with E-state index in [0.717, 1.165) is 18.9 Å². The average Bonchev–Trinajstić information content (AvgIpc) is 3.50. The first kappa shape index (κ1) is 16.8. The van der Waals surface area contributed by atoms with Crippen molar-refractivity contribution in [1.82, 2.24) is 15.8 Å². The molecule has 1 heterocycles. The fourth-order valence-electron chi connectivity index (χ4n) is 3.64. The summed E-state index contributed by atoms with van der Waals surface area (Å²) in [5.74, 6) is 0.542. The number of benzene rings is 1. The number of nitrogens with zero attached hydrogens (tertiary/aromatic N) is 1. The Kier molecular flexibility index (Phi) is 4.24. The molecule has 2 aliphatic carbocycles. The summed E-state index contributed by atoms with van der Waals surface area (Å²) in [7, 11) is 0. The first-order chi connectivity index (χ1) is 11.9. The van der Waals surface area contributed by atoms with Crippen molar-refractivity contribution in [3.63, 3.8) is 0 Å². The Labute approximate surface area is 144 Å². The van der Waals surface area contributed by atoms with Gasteiger partial charge in [0.2, 0.25) is 5.91 Å². The van der Waals surface area contributed by atoms with Gasteiger partial charge in [0.15, 0.2) is 0 Å². The van der Waals surface area contributed by atoms with Crippen molar-refractivity contribution >= 4 is 5.91 Å². The van der Waals surface area contributed by atoms with Crippen LogP contribution in [0.1, 0.15) is 43.2 Å². The molecule has 4 rings (SSSR count). The lowest BCUT2D eigenvalue weighted by molar-refractivity contribution is -0.140. The van der Waals surface area contributed by atoms with E-state index in [1.807, 2.05) is 0 Å². The second-order valence-electron chi connectivity index (χ2n) is 7.37. The van der Waals surface area contributed by atoms with Crippen molar-refractivity contribution in [2.24, 2.45) is 5.92 Å². The van der Waals surface area contributed by atoms with Crippen molar-refractivity contribution < 1.29 is 18.0 Å². The maximum Gasteiger partial charge on any atom is 0.416 e. The summed E-state index contributed by atoms with van der Waals surface area (Å²) in [5.41, 5.74) is 5.76. The summed E-state index contributed by atoms with van der Waals surface area (Å²) in [6.45, 7) is 0.0193. The smallest absolute Gasteiger partial charge is 0.334 e. The van der Waals surface area contributed by atoms with Crippen molar-refractivity contribution in [1.29, 1.82) is 0 Å². The first-order valence-electron chi connectivity index (χ1n) is 8.90. The Morgan fingerprint density at radius 3 is 2.48 bits per heavy atom. The minimum atomic E-state index is -4.40. The molecule has 1 aromatic carbocycles. The number of alkyl halides is 3. The predicted molar refractivity (Wildman–Crippen MR) is 86.2 cm³/mol. The van der Waals surface area contributed by atoms with Gasteiger partial charge in [0, 0.05) is 18.6 Å². The fourth-order valence-corrected chi connectivity index (χ4v) is 3.64. The Balaban J connectivity index is 1.50. The van der Waals surface area contributed by atoms with Gasteiger partial charge in [0.1, 0.15) is 6.04 Å². The van der Waals surface area contributed by atoms with Crippen LogP contribution in [0.5, 0.6) is 0 Å². The topological polar surface area (TPSA) is 44.4 Å². The minimum Gasteiger partial charge on any atom is -0.334 e. The molecule has 0 aromatic heterocycles. The Morgan fingerprint density at radius 1 is 1.12 bits per heavy atom. The maximum atomic E-state index is 13.2. The van der Waals surface area contributed by atoms with Crippen molar-refractivity contribution in [3.8, 4) is 0 Å². The van der Waals surface area contributed by atoms with Crippen molar-refractivity contribution in [2.75, 3.05) is 0 Å². The fraction of sp³-hybridized carbons (Fsp3) is 0.611. The molecule has 0 spiro atoms. The standard InChI is InChI=1S/C18H22F3N3O/c19-18(20,21)14-4-2-1-3-12(14)10-24(13-7-8-13)17(25)16-9-15(22-23-16)11-5-6-11/h1-4,11,13,15-16,22-23H,5-10H2. The number of hydrazine groups is 1. The zero-order valence-corrected chi connectivity index (χ0v) is 13.9. The van der Waals surface area contributed by atoms with Gasteiger partial charge in [0.05, 0.1) is 5.56 Å². The van der Waals surface area contributed by atoms with E-state index < -0.39 is 11.7 Å². The second-order valence-corrected chi connectivity index (χ2v) is 7.37. The molecule has 1 amide bonds. The zero-order chi connectivity index (χ0) is 17.6. The van der Waals surface area contributed by atoms with Crippen LogP contribution < -0.4 is 10.9 Å². The summed E-state index contributed by atoms with van der Waals surface area (Å²) < 4.78 is 39.7. The Hall–Kier alpha value is -1.60. The van der Waals surface area contributed by atoms with E-state index in [4.69, 9.17) is 0 Å². The molecule has 2 unspecified atom stereocenters. The van der Waals surface area contributed by atoms with Crippen LogP contribution in [-0.2, 0) is 17.5 Å². The van der Waals surface area contributed by atoms with Crippen LogP contribution >= 0.6 is 0 Å². The summed E-state index contributed by atoms with van der Waals surface area (Å²) >= 11 is 0. The number of rotatable bonds is 5. The van der Waals surface area contributed by atoms with Crippen molar-refractivity contribution in [3.05, 3.63) is 35.4 Å². The quantitative estimate of drug-likeness (QED) is 0.856. The number of amides is 1. The number of hydrogen-bond donors (Lipinski definition) is 2. The van der Waals surface area contributed by atoms with Gasteiger partial charge >= 0.3 is 6.18 Å². The third-order valence-corrected chi connectivity index (χ3v) is 5.36. The third kappa shape index (κ3) is 3.67. The van der Waals surface area contributed by atoms with E-state index in [1.165, 1.54) is 25.0 Å². The van der Waals surface area contributed by atoms with Gasteiger partial charge < -0.3 is 4.90 Å². The normalized spacial score (nSPS) is 26.7. The van der Waals surface area contributed by atoms with Crippen molar-refractivity contribution in [2.45, 2.75) is 63.0 Å². The molecule has 136 valence electrons. The number of nitrogens with one attached hydrogen (secondary N) is 2. The Bertz CT molecular complexity index is 655. The van der Waals surface area contributed by atoms with Gasteiger partial charge in [-0.25, -0.2) is 5.43 Å². The molecule has 2 atom stereocenters. The van der Waals surface area contributed by atoms with E-state index in [0.29, 0.717) is 18.4 Å². The highest BCUT2D eigenvalue weighted by Gasteiger charge is 2.43. The SMILES string of the molecule is O=C(C1CC(C2CC2)NN1)N(Cc1ccccc1C(F)(F)F)C1CC1. The van der Waals surface area contributed by atoms with E-state index >= 15 is 0 Å². The molecule has 4 nitrogen and oxygen atoms in total. The molecule has 1 aromatic rings. The summed E-state index contributed by atoms with van der Waals surface area (Å²) in [4.78, 5) is 14.6. The third-order valence-electron chi connectivity index (χ3n) is 5.36. The lowest BCUT2D eigenvalue weighted by Crippen LogP contribution is -2.46. The average molecular weight is 353 g/mol. The second kappa shape index (κ2) is 6.29. The zero-order valence-electron chi connectivity index (χ0n) is 13.9. The van der Waals surface area contributed by atoms with Gasteiger partial charge in [-0.2, -0.15) is 13.2 Å². The van der Waals surface area contributed by atoms with Crippen LogP contribution in [0.3, 0.4) is 0 Å². The molecule has 7 heteroatoms. The van der Waals surface area contributed by atoms with E-state index in [1.54, 1.807) is 11.0 Å². The summed E-state index contributed by atoms with van der Waals surface area (Å²) in [5, 5.41) is 0. The van der Waals surface area contributed by atoms with Crippen LogP contribution in [0.15, 0.2) is 24.3 Å². The molecular formula is C18H22F3N3O. The van der Waals surface area contributed by atoms with Crippen LogP contribution in [-0.4, -0.2) is 28.9 Å². The number of halogens is 3. The molecule has 0 radical (unpaired) electrons.